The fourth-order valence-electron chi connectivity index (χ4n) is 5.10. The highest BCUT2D eigenvalue weighted by molar-refractivity contribution is 5.53. The van der Waals surface area contributed by atoms with Gasteiger partial charge in [-0.05, 0) is 62.4 Å². The van der Waals surface area contributed by atoms with Crippen molar-refractivity contribution in [3.63, 3.8) is 0 Å². The number of aromatic nitrogens is 1. The molecule has 35 heavy (non-hydrogen) atoms. The van der Waals surface area contributed by atoms with Crippen LogP contribution in [0.15, 0.2) is 82.0 Å². The third-order valence-corrected chi connectivity index (χ3v) is 7.09. The van der Waals surface area contributed by atoms with Gasteiger partial charge in [-0.15, -0.1) is 0 Å². The van der Waals surface area contributed by atoms with Crippen molar-refractivity contribution in [3.8, 4) is 0 Å². The average molecular weight is 466 g/mol. The lowest BCUT2D eigenvalue weighted by Gasteiger charge is -2.38. The van der Waals surface area contributed by atoms with Gasteiger partial charge in [-0.2, -0.15) is 0 Å². The molecule has 6 rings (SSSR count). The lowest BCUT2D eigenvalue weighted by atomic mass is 10.2. The van der Waals surface area contributed by atoms with Crippen molar-refractivity contribution in [3.05, 3.63) is 93.8 Å². The molecular weight excluding hydrogens is 434 g/mol. The smallest absolute Gasteiger partial charge is 0.154 e. The number of hydrogen-bond donors (Lipinski definition) is 1. The van der Waals surface area contributed by atoms with Gasteiger partial charge < -0.3 is 14.8 Å². The van der Waals surface area contributed by atoms with Crippen molar-refractivity contribution in [1.29, 1.82) is 0 Å². The fourth-order valence-corrected chi connectivity index (χ4v) is 5.10. The van der Waals surface area contributed by atoms with Crippen LogP contribution in [0.3, 0.4) is 0 Å². The summed E-state index contributed by atoms with van der Waals surface area (Å²) in [6.07, 6.45) is 3.64. The minimum absolute atomic E-state index is 0.617. The maximum atomic E-state index is 4.96. The molecule has 4 heterocycles. The zero-order chi connectivity index (χ0) is 23.8. The van der Waals surface area contributed by atoms with Crippen molar-refractivity contribution < 1.29 is 0 Å². The third kappa shape index (κ3) is 4.28. The summed E-state index contributed by atoms with van der Waals surface area (Å²) in [6.45, 7) is 10.6. The van der Waals surface area contributed by atoms with Gasteiger partial charge in [-0.1, -0.05) is 6.07 Å². The topological polar surface area (TPSA) is 60.5 Å². The number of benzene rings is 2. The molecule has 1 fully saturated rings. The Labute approximate surface area is 204 Å². The third-order valence-electron chi connectivity index (χ3n) is 7.09. The average Bonchev–Trinajstić information content (AvgIpc) is 3.40. The van der Waals surface area contributed by atoms with E-state index in [2.05, 4.69) is 93.1 Å². The fraction of sp³-hybridized carbons (Fsp3) is 0.321. The molecule has 2 aromatic carbocycles. The Kier molecular flexibility index (Phi) is 5.70. The van der Waals surface area contributed by atoms with Crippen molar-refractivity contribution in [1.82, 2.24) is 9.47 Å². The van der Waals surface area contributed by atoms with Crippen LogP contribution in [0.25, 0.3) is 0 Å². The van der Waals surface area contributed by atoms with E-state index in [-0.39, 0.29) is 0 Å². The molecule has 0 saturated carbocycles. The molecule has 0 radical (unpaired) electrons. The molecule has 0 bridgehead atoms. The highest BCUT2D eigenvalue weighted by Gasteiger charge is 2.18. The summed E-state index contributed by atoms with van der Waals surface area (Å²) >= 11 is 0. The molecule has 178 valence electrons. The van der Waals surface area contributed by atoms with Gasteiger partial charge in [0.05, 0.1) is 23.3 Å². The zero-order valence-corrected chi connectivity index (χ0v) is 20.4. The second-order valence-corrected chi connectivity index (χ2v) is 9.53. The molecule has 1 saturated heterocycles. The van der Waals surface area contributed by atoms with Gasteiger partial charge in [-0.3, -0.25) is 14.9 Å². The molecule has 7 nitrogen and oxygen atoms in total. The van der Waals surface area contributed by atoms with Crippen LogP contribution >= 0.6 is 0 Å². The van der Waals surface area contributed by atoms with Gasteiger partial charge in [0.25, 0.3) is 0 Å². The predicted molar refractivity (Wildman–Crippen MR) is 139 cm³/mol. The second-order valence-electron chi connectivity index (χ2n) is 9.53. The zero-order valence-electron chi connectivity index (χ0n) is 20.4. The van der Waals surface area contributed by atoms with E-state index < -0.39 is 0 Å². The lowest BCUT2D eigenvalue weighted by molar-refractivity contribution is 0.209. The van der Waals surface area contributed by atoms with E-state index in [1.165, 1.54) is 5.69 Å². The van der Waals surface area contributed by atoms with Crippen LogP contribution in [0.1, 0.15) is 13.8 Å². The summed E-state index contributed by atoms with van der Waals surface area (Å²) in [7, 11) is 0. The van der Waals surface area contributed by atoms with Gasteiger partial charge in [0.1, 0.15) is 5.36 Å². The van der Waals surface area contributed by atoms with E-state index in [0.29, 0.717) is 6.04 Å². The minimum Gasteiger partial charge on any atom is -0.369 e. The number of fused-ring (bicyclic) bond motifs is 2. The van der Waals surface area contributed by atoms with Crippen LogP contribution in [-0.2, 0) is 6.54 Å². The summed E-state index contributed by atoms with van der Waals surface area (Å²) in [5, 5.41) is 7.46. The largest absolute Gasteiger partial charge is 0.369 e. The quantitative estimate of drug-likeness (QED) is 0.647. The van der Waals surface area contributed by atoms with Crippen molar-refractivity contribution in [2.24, 2.45) is 15.0 Å². The normalized spacial score (nSPS) is 18.6. The summed E-state index contributed by atoms with van der Waals surface area (Å²) in [6, 6.07) is 19.8. The maximum Gasteiger partial charge on any atom is 0.154 e. The minimum atomic E-state index is 0.617. The van der Waals surface area contributed by atoms with Crippen molar-refractivity contribution in [2.75, 3.05) is 42.9 Å². The SMILES string of the molecule is CC(C)N1CCN(c2ccc(N=c3ccc(=c4ccc5c(c4)NC=CN=5)n4c3=NCC4)cc2)CC1. The molecule has 3 aliphatic heterocycles. The number of anilines is 2. The molecule has 0 amide bonds. The predicted octanol–water partition coefficient (Wildman–Crippen LogP) is 2.69. The van der Waals surface area contributed by atoms with Crippen LogP contribution in [0.2, 0.25) is 0 Å². The van der Waals surface area contributed by atoms with E-state index >= 15 is 0 Å². The van der Waals surface area contributed by atoms with Gasteiger partial charge in [0, 0.05) is 67.4 Å². The molecule has 1 N–H and O–H groups in total. The van der Waals surface area contributed by atoms with E-state index in [9.17, 15) is 0 Å². The Bertz CT molecular complexity index is 1560. The Morgan fingerprint density at radius 1 is 0.914 bits per heavy atom. The van der Waals surface area contributed by atoms with Gasteiger partial charge in [0.2, 0.25) is 0 Å². The van der Waals surface area contributed by atoms with E-state index in [0.717, 1.165) is 77.4 Å². The molecule has 3 aromatic rings. The Morgan fingerprint density at radius 2 is 1.74 bits per heavy atom. The molecule has 3 aliphatic rings. The monoisotopic (exact) mass is 465 g/mol. The second kappa shape index (κ2) is 9.15. The summed E-state index contributed by atoms with van der Waals surface area (Å²) in [5.74, 6) is 0. The van der Waals surface area contributed by atoms with Crippen LogP contribution < -0.4 is 26.4 Å². The first-order chi connectivity index (χ1) is 17.2. The Balaban J connectivity index is 1.33. The highest BCUT2D eigenvalue weighted by Crippen LogP contribution is 2.21. The molecule has 0 spiro atoms. The van der Waals surface area contributed by atoms with Crippen LogP contribution in [0.4, 0.5) is 17.1 Å². The first-order valence-electron chi connectivity index (χ1n) is 12.5. The summed E-state index contributed by atoms with van der Waals surface area (Å²) in [5.41, 5.74) is 4.20. The number of pyridine rings is 1. The van der Waals surface area contributed by atoms with Crippen molar-refractivity contribution in [2.45, 2.75) is 26.4 Å². The van der Waals surface area contributed by atoms with Crippen LogP contribution in [-0.4, -0.2) is 48.2 Å². The molecule has 1 aromatic heterocycles. The maximum absolute atomic E-state index is 4.96. The van der Waals surface area contributed by atoms with E-state index in [1.807, 2.05) is 6.20 Å². The molecule has 0 atom stereocenters. The van der Waals surface area contributed by atoms with Gasteiger partial charge in [-0.25, -0.2) is 4.99 Å². The van der Waals surface area contributed by atoms with Gasteiger partial charge >= 0.3 is 0 Å². The van der Waals surface area contributed by atoms with Crippen LogP contribution in [0.5, 0.6) is 0 Å². The Morgan fingerprint density at radius 3 is 2.54 bits per heavy atom. The van der Waals surface area contributed by atoms with Crippen molar-refractivity contribution >= 4 is 17.1 Å². The number of nitrogens with one attached hydrogen (secondary N) is 1. The van der Waals surface area contributed by atoms with E-state index in [1.54, 1.807) is 6.20 Å². The van der Waals surface area contributed by atoms with E-state index in [4.69, 9.17) is 9.98 Å². The number of rotatable bonds is 3. The molecule has 0 aliphatic carbocycles. The lowest BCUT2D eigenvalue weighted by Crippen LogP contribution is -2.48. The first kappa shape index (κ1) is 21.8. The first-order valence-corrected chi connectivity index (χ1v) is 12.5. The highest BCUT2D eigenvalue weighted by atomic mass is 15.3. The standard InChI is InChI=1S/C28H31N7/c1-20(2)33-15-17-34(18-16-33)23-6-4-22(5-7-23)32-25-9-10-27(35-14-13-31-28(25)35)21-3-8-24-26(19-21)30-12-11-29-24/h3-12,19-20,30H,13-18H2,1-2H3. The summed E-state index contributed by atoms with van der Waals surface area (Å²) in [4.78, 5) is 19.2. The number of nitrogens with zero attached hydrogens (tertiary/aromatic N) is 6. The number of piperazine rings is 1. The molecule has 0 unspecified atom stereocenters. The van der Waals surface area contributed by atoms with Crippen LogP contribution in [0, 0.1) is 10.6 Å². The molecule has 7 heteroatoms. The van der Waals surface area contributed by atoms with Gasteiger partial charge in [0.15, 0.2) is 5.49 Å². The number of hydrogen-bond acceptors (Lipinski definition) is 6. The molecular formula is C28H31N7. The summed E-state index contributed by atoms with van der Waals surface area (Å²) < 4.78 is 2.28. The Hall–Kier alpha value is -3.71.